The number of hydrogen-bond acceptors (Lipinski definition) is 8. The molecule has 2 N–H and O–H groups in total. The Hall–Kier alpha value is -4.33. The molecule has 8 nitrogen and oxygen atoms in total. The lowest BCUT2D eigenvalue weighted by molar-refractivity contribution is -0.116. The number of methoxy groups -OCH3 is 4. The third-order valence-electron chi connectivity index (χ3n) is 7.36. The molecular formula is C32H36N2O6. The van der Waals surface area contributed by atoms with Gasteiger partial charge in [-0.3, -0.25) is 4.79 Å². The summed E-state index contributed by atoms with van der Waals surface area (Å²) in [6, 6.07) is 17.2. The maximum absolute atomic E-state index is 14.1. The highest BCUT2D eigenvalue weighted by atomic mass is 16.5. The minimum atomic E-state index is -0.441. The van der Waals surface area contributed by atoms with Crippen LogP contribution in [0.1, 0.15) is 49.8 Å². The summed E-state index contributed by atoms with van der Waals surface area (Å²) in [4.78, 5) is 14.1. The fraction of sp³-hybridized carbons (Fsp3) is 0.344. The molecule has 2 unspecified atom stereocenters. The van der Waals surface area contributed by atoms with Crippen molar-refractivity contribution in [1.29, 1.82) is 0 Å². The van der Waals surface area contributed by atoms with Gasteiger partial charge >= 0.3 is 0 Å². The number of anilines is 2. The summed E-state index contributed by atoms with van der Waals surface area (Å²) >= 11 is 0. The van der Waals surface area contributed by atoms with E-state index < -0.39 is 6.04 Å². The van der Waals surface area contributed by atoms with Gasteiger partial charge in [-0.2, -0.15) is 0 Å². The monoisotopic (exact) mass is 544 g/mol. The molecule has 0 fully saturated rings. The first kappa shape index (κ1) is 27.2. The molecule has 3 aromatic rings. The largest absolute Gasteiger partial charge is 0.493 e. The van der Waals surface area contributed by atoms with Crippen LogP contribution in [0.5, 0.6) is 28.7 Å². The van der Waals surface area contributed by atoms with Crippen LogP contribution in [-0.2, 0) is 4.79 Å². The Balaban J connectivity index is 1.64. The number of ether oxygens (including phenoxy) is 5. The average Bonchev–Trinajstić information content (AvgIpc) is 3.13. The van der Waals surface area contributed by atoms with Crippen molar-refractivity contribution in [3.63, 3.8) is 0 Å². The van der Waals surface area contributed by atoms with E-state index in [2.05, 4.69) is 10.6 Å². The second kappa shape index (κ2) is 11.4. The molecule has 2 atom stereocenters. The Kier molecular flexibility index (Phi) is 7.78. The molecule has 210 valence electrons. The molecule has 0 aromatic heterocycles. The molecule has 0 saturated carbocycles. The number of carbonyl (C=O) groups is 1. The van der Waals surface area contributed by atoms with Crippen LogP contribution in [0.2, 0.25) is 0 Å². The number of ketones is 1. The molecule has 0 radical (unpaired) electrons. The van der Waals surface area contributed by atoms with Crippen molar-refractivity contribution in [2.45, 2.75) is 44.8 Å². The van der Waals surface area contributed by atoms with Gasteiger partial charge in [-0.25, -0.2) is 0 Å². The zero-order valence-electron chi connectivity index (χ0n) is 23.8. The first-order valence-corrected chi connectivity index (χ1v) is 13.4. The van der Waals surface area contributed by atoms with E-state index in [4.69, 9.17) is 23.7 Å². The summed E-state index contributed by atoms with van der Waals surface area (Å²) in [5.74, 6) is 2.87. The summed E-state index contributed by atoms with van der Waals surface area (Å²) in [6.07, 6.45) is 0.875. The van der Waals surface area contributed by atoms with E-state index in [1.807, 2.05) is 68.4 Å². The molecule has 3 aromatic carbocycles. The van der Waals surface area contributed by atoms with Crippen LogP contribution in [0.15, 0.2) is 65.9 Å². The number of para-hydroxylation sites is 3. The number of allylic oxidation sites excluding steroid dienone is 1. The van der Waals surface area contributed by atoms with Crippen molar-refractivity contribution in [2.75, 3.05) is 39.1 Å². The van der Waals surface area contributed by atoms with Gasteiger partial charge in [0.05, 0.1) is 52.0 Å². The van der Waals surface area contributed by atoms with Crippen molar-refractivity contribution < 1.29 is 28.5 Å². The minimum Gasteiger partial charge on any atom is -0.493 e. The first-order valence-electron chi connectivity index (χ1n) is 13.4. The highest BCUT2D eigenvalue weighted by molar-refractivity contribution is 6.01. The number of benzene rings is 3. The summed E-state index contributed by atoms with van der Waals surface area (Å²) in [5.41, 5.74) is 5.17. The third-order valence-corrected chi connectivity index (χ3v) is 7.36. The van der Waals surface area contributed by atoms with Crippen LogP contribution < -0.4 is 34.3 Å². The second-order valence-corrected chi connectivity index (χ2v) is 10.2. The molecule has 0 spiro atoms. The van der Waals surface area contributed by atoms with Crippen LogP contribution >= 0.6 is 0 Å². The number of carbonyl (C=O) groups excluding carboxylic acids is 1. The smallest absolute Gasteiger partial charge is 0.203 e. The lowest BCUT2D eigenvalue weighted by atomic mass is 9.78. The van der Waals surface area contributed by atoms with Crippen LogP contribution in [-0.4, -0.2) is 40.3 Å². The molecule has 0 amide bonds. The van der Waals surface area contributed by atoms with E-state index in [1.54, 1.807) is 28.4 Å². The lowest BCUT2D eigenvalue weighted by Crippen LogP contribution is -2.27. The van der Waals surface area contributed by atoms with Gasteiger partial charge in [0.25, 0.3) is 0 Å². The van der Waals surface area contributed by atoms with Gasteiger partial charge in [0.2, 0.25) is 5.75 Å². The summed E-state index contributed by atoms with van der Waals surface area (Å²) in [7, 11) is 6.40. The number of rotatable bonds is 8. The fourth-order valence-corrected chi connectivity index (χ4v) is 5.58. The van der Waals surface area contributed by atoms with Gasteiger partial charge in [-0.15, -0.1) is 0 Å². The van der Waals surface area contributed by atoms with Crippen molar-refractivity contribution in [1.82, 2.24) is 0 Å². The van der Waals surface area contributed by atoms with E-state index in [1.165, 1.54) is 0 Å². The molecule has 40 heavy (non-hydrogen) atoms. The second-order valence-electron chi connectivity index (χ2n) is 10.2. The van der Waals surface area contributed by atoms with Crippen molar-refractivity contribution in [2.24, 2.45) is 0 Å². The molecule has 0 bridgehead atoms. The van der Waals surface area contributed by atoms with E-state index in [9.17, 15) is 4.79 Å². The first-order chi connectivity index (χ1) is 19.4. The highest BCUT2D eigenvalue weighted by Crippen LogP contribution is 2.49. The third kappa shape index (κ3) is 5.01. The molecular weight excluding hydrogens is 508 g/mol. The van der Waals surface area contributed by atoms with E-state index >= 15 is 0 Å². The summed E-state index contributed by atoms with van der Waals surface area (Å²) in [5, 5.41) is 7.24. The Bertz CT molecular complexity index is 1420. The standard InChI is InChI=1S/C32H36N2O6/c1-18(2)40-31-21(10-9-13-26(31)36-3)30-29-24(33-22-11-7-8-12-23(22)34-30)14-19(15-25(29)35)20-16-27(37-4)32(39-6)28(17-20)38-5/h7-13,16-19,30,33-34H,14-15H2,1-6H3. The number of fused-ring (bicyclic) bond motifs is 1. The van der Waals surface area contributed by atoms with Crippen LogP contribution in [0.25, 0.3) is 0 Å². The molecule has 1 aliphatic carbocycles. The average molecular weight is 545 g/mol. The molecule has 1 heterocycles. The predicted octanol–water partition coefficient (Wildman–Crippen LogP) is 6.49. The fourth-order valence-electron chi connectivity index (χ4n) is 5.58. The highest BCUT2D eigenvalue weighted by Gasteiger charge is 2.38. The SMILES string of the molecule is COc1cc(C2CC(=O)C3=C(C2)Nc2ccccc2NC3c2cccc(OC)c2OC(C)C)cc(OC)c1OC. The van der Waals surface area contributed by atoms with E-state index in [0.29, 0.717) is 47.2 Å². The lowest BCUT2D eigenvalue weighted by Gasteiger charge is -2.31. The molecule has 8 heteroatoms. The maximum Gasteiger partial charge on any atom is 0.203 e. The van der Waals surface area contributed by atoms with Gasteiger partial charge in [0.1, 0.15) is 0 Å². The van der Waals surface area contributed by atoms with Crippen LogP contribution in [0.3, 0.4) is 0 Å². The Labute approximate surface area is 235 Å². The quantitative estimate of drug-likeness (QED) is 0.333. The van der Waals surface area contributed by atoms with Crippen molar-refractivity contribution >= 4 is 17.2 Å². The normalized spacial score (nSPS) is 18.1. The van der Waals surface area contributed by atoms with Crippen LogP contribution in [0.4, 0.5) is 11.4 Å². The van der Waals surface area contributed by atoms with Gasteiger partial charge in [-0.1, -0.05) is 24.3 Å². The number of hydrogen-bond donors (Lipinski definition) is 2. The molecule has 1 aliphatic heterocycles. The van der Waals surface area contributed by atoms with Gasteiger partial charge in [0.15, 0.2) is 28.8 Å². The van der Waals surface area contributed by atoms with Gasteiger partial charge in [-0.05, 0) is 62.1 Å². The zero-order valence-corrected chi connectivity index (χ0v) is 23.8. The molecule has 2 aliphatic rings. The topological polar surface area (TPSA) is 87.3 Å². The Morgan fingerprint density at radius 1 is 0.775 bits per heavy atom. The Morgan fingerprint density at radius 2 is 1.45 bits per heavy atom. The van der Waals surface area contributed by atoms with Crippen molar-refractivity contribution in [3.05, 3.63) is 77.0 Å². The van der Waals surface area contributed by atoms with Gasteiger partial charge in [0, 0.05) is 23.3 Å². The summed E-state index contributed by atoms with van der Waals surface area (Å²) in [6.45, 7) is 3.96. The van der Waals surface area contributed by atoms with E-state index in [0.717, 1.165) is 28.2 Å². The van der Waals surface area contributed by atoms with Crippen molar-refractivity contribution in [3.8, 4) is 28.7 Å². The maximum atomic E-state index is 14.1. The Morgan fingerprint density at radius 3 is 2.08 bits per heavy atom. The molecule has 0 saturated heterocycles. The molecule has 5 rings (SSSR count). The van der Waals surface area contributed by atoms with E-state index in [-0.39, 0.29) is 17.8 Å². The number of nitrogens with one attached hydrogen (secondary N) is 2. The number of Topliss-reactive ketones (excluding diaryl/α,β-unsaturated/α-hetero) is 1. The minimum absolute atomic E-state index is 0.0520. The predicted molar refractivity (Wildman–Crippen MR) is 155 cm³/mol. The summed E-state index contributed by atoms with van der Waals surface area (Å²) < 4.78 is 28.7. The van der Waals surface area contributed by atoms with Gasteiger partial charge < -0.3 is 34.3 Å². The zero-order chi connectivity index (χ0) is 28.4. The van der Waals surface area contributed by atoms with Crippen LogP contribution in [0, 0.1) is 0 Å².